The number of nitrogens with zero attached hydrogens (tertiary/aromatic N) is 1. The quantitative estimate of drug-likeness (QED) is 0.773. The molecule has 1 fully saturated rings. The second-order valence-electron chi connectivity index (χ2n) is 9.00. The highest BCUT2D eigenvalue weighted by atomic mass is 16.6. The summed E-state index contributed by atoms with van der Waals surface area (Å²) in [5.41, 5.74) is 0.907. The highest BCUT2D eigenvalue weighted by Gasteiger charge is 2.38. The first-order chi connectivity index (χ1) is 14.7. The van der Waals surface area contributed by atoms with Crippen LogP contribution in [0, 0.1) is 0 Å². The Kier molecular flexibility index (Phi) is 6.88. The van der Waals surface area contributed by atoms with E-state index in [-0.39, 0.29) is 17.4 Å². The van der Waals surface area contributed by atoms with Crippen LogP contribution < -0.4 is 10.1 Å². The smallest absolute Gasteiger partial charge is 0.410 e. The van der Waals surface area contributed by atoms with Crippen LogP contribution in [0.2, 0.25) is 0 Å². The molecule has 0 radical (unpaired) electrons. The summed E-state index contributed by atoms with van der Waals surface area (Å²) in [5.74, 6) is 0.385. The first kappa shape index (κ1) is 22.7. The van der Waals surface area contributed by atoms with Crippen LogP contribution in [-0.2, 0) is 10.2 Å². The van der Waals surface area contributed by atoms with Crippen molar-refractivity contribution in [3.05, 3.63) is 65.7 Å². The molecule has 6 nitrogen and oxygen atoms in total. The topological polar surface area (TPSA) is 67.9 Å². The summed E-state index contributed by atoms with van der Waals surface area (Å²) in [4.78, 5) is 27.2. The minimum Gasteiger partial charge on any atom is -0.496 e. The zero-order valence-corrected chi connectivity index (χ0v) is 18.8. The number of amides is 2. The Morgan fingerprint density at radius 1 is 1.00 bits per heavy atom. The molecule has 0 atom stereocenters. The van der Waals surface area contributed by atoms with Crippen molar-refractivity contribution in [3.63, 3.8) is 0 Å². The number of likely N-dealkylation sites (tertiary alicyclic amines) is 1. The molecular formula is C25H32N2O4. The van der Waals surface area contributed by atoms with Crippen molar-refractivity contribution in [2.75, 3.05) is 26.7 Å². The van der Waals surface area contributed by atoms with Crippen molar-refractivity contribution in [1.82, 2.24) is 10.2 Å². The van der Waals surface area contributed by atoms with Gasteiger partial charge in [0.2, 0.25) is 0 Å². The van der Waals surface area contributed by atoms with E-state index in [9.17, 15) is 9.59 Å². The molecule has 2 aromatic rings. The van der Waals surface area contributed by atoms with Gasteiger partial charge in [-0.1, -0.05) is 42.5 Å². The third-order valence-corrected chi connectivity index (χ3v) is 5.70. The number of hydrogen-bond acceptors (Lipinski definition) is 4. The summed E-state index contributed by atoms with van der Waals surface area (Å²) >= 11 is 0. The molecule has 2 aromatic carbocycles. The molecule has 1 saturated heterocycles. The Bertz CT molecular complexity index is 897. The average Bonchev–Trinajstić information content (AvgIpc) is 2.77. The largest absolute Gasteiger partial charge is 0.496 e. The lowest BCUT2D eigenvalue weighted by molar-refractivity contribution is 0.0162. The number of hydrogen-bond donors (Lipinski definition) is 1. The standard InChI is InChI=1S/C25H32N2O4/c1-24(2,3)31-23(29)27-16-14-25(15-17-27,19-10-6-5-7-11-19)18-26-22(28)20-12-8-9-13-21(20)30-4/h5-13H,14-18H2,1-4H3,(H,26,28). The second-order valence-corrected chi connectivity index (χ2v) is 9.00. The number of piperidine rings is 1. The van der Waals surface area contributed by atoms with Gasteiger partial charge in [-0.15, -0.1) is 0 Å². The molecule has 1 N–H and O–H groups in total. The molecule has 31 heavy (non-hydrogen) atoms. The molecule has 1 aliphatic heterocycles. The van der Waals surface area contributed by atoms with Crippen molar-refractivity contribution >= 4 is 12.0 Å². The fourth-order valence-corrected chi connectivity index (χ4v) is 3.98. The molecule has 6 heteroatoms. The van der Waals surface area contributed by atoms with Gasteiger partial charge in [0.1, 0.15) is 11.4 Å². The molecule has 166 valence electrons. The Hall–Kier alpha value is -3.02. The lowest BCUT2D eigenvalue weighted by Gasteiger charge is -2.42. The number of para-hydroxylation sites is 1. The molecule has 0 spiro atoms. The van der Waals surface area contributed by atoms with Gasteiger partial charge in [-0.3, -0.25) is 4.79 Å². The lowest BCUT2D eigenvalue weighted by atomic mass is 9.72. The van der Waals surface area contributed by atoms with Crippen molar-refractivity contribution in [2.24, 2.45) is 0 Å². The average molecular weight is 425 g/mol. The van der Waals surface area contributed by atoms with E-state index in [1.54, 1.807) is 24.1 Å². The van der Waals surface area contributed by atoms with Gasteiger partial charge in [0, 0.05) is 25.0 Å². The van der Waals surface area contributed by atoms with Crippen LogP contribution >= 0.6 is 0 Å². The Morgan fingerprint density at radius 3 is 2.23 bits per heavy atom. The Labute approximate surface area is 184 Å². The number of methoxy groups -OCH3 is 1. The summed E-state index contributed by atoms with van der Waals surface area (Å²) in [7, 11) is 1.56. The highest BCUT2D eigenvalue weighted by molar-refractivity contribution is 5.97. The van der Waals surface area contributed by atoms with Gasteiger partial charge in [0.25, 0.3) is 5.91 Å². The Morgan fingerprint density at radius 2 is 1.61 bits per heavy atom. The van der Waals surface area contributed by atoms with Crippen LogP contribution in [0.25, 0.3) is 0 Å². The van der Waals surface area contributed by atoms with E-state index in [1.165, 1.54) is 5.56 Å². The van der Waals surface area contributed by atoms with Crippen LogP contribution in [0.3, 0.4) is 0 Å². The van der Waals surface area contributed by atoms with Gasteiger partial charge in [-0.05, 0) is 51.3 Å². The highest BCUT2D eigenvalue weighted by Crippen LogP contribution is 2.35. The summed E-state index contributed by atoms with van der Waals surface area (Å²) in [6.45, 7) is 7.25. The monoisotopic (exact) mass is 424 g/mol. The number of ether oxygens (including phenoxy) is 2. The van der Waals surface area contributed by atoms with Gasteiger partial charge >= 0.3 is 6.09 Å². The maximum absolute atomic E-state index is 12.9. The number of benzene rings is 2. The van der Waals surface area contributed by atoms with Gasteiger partial charge in [-0.2, -0.15) is 0 Å². The van der Waals surface area contributed by atoms with Gasteiger partial charge in [0.05, 0.1) is 12.7 Å². The third kappa shape index (κ3) is 5.57. The zero-order valence-electron chi connectivity index (χ0n) is 18.8. The summed E-state index contributed by atoms with van der Waals surface area (Å²) in [6.07, 6.45) is 1.19. The van der Waals surface area contributed by atoms with E-state index in [1.807, 2.05) is 51.1 Å². The Balaban J connectivity index is 1.74. The van der Waals surface area contributed by atoms with Crippen LogP contribution in [0.5, 0.6) is 5.75 Å². The van der Waals surface area contributed by atoms with Crippen LogP contribution in [0.4, 0.5) is 4.79 Å². The minimum absolute atomic E-state index is 0.165. The molecular weight excluding hydrogens is 392 g/mol. The van der Waals surface area contributed by atoms with E-state index in [4.69, 9.17) is 9.47 Å². The third-order valence-electron chi connectivity index (χ3n) is 5.70. The van der Waals surface area contributed by atoms with Crippen LogP contribution in [0.15, 0.2) is 54.6 Å². The predicted molar refractivity (Wildman–Crippen MR) is 120 cm³/mol. The summed E-state index contributed by atoms with van der Waals surface area (Å²) in [5, 5.41) is 3.11. The van der Waals surface area contributed by atoms with E-state index in [0.29, 0.717) is 30.9 Å². The summed E-state index contributed by atoms with van der Waals surface area (Å²) < 4.78 is 10.9. The number of nitrogens with one attached hydrogen (secondary N) is 1. The van der Waals surface area contributed by atoms with Crippen molar-refractivity contribution in [1.29, 1.82) is 0 Å². The molecule has 0 aliphatic carbocycles. The van der Waals surface area contributed by atoms with E-state index < -0.39 is 5.60 Å². The van der Waals surface area contributed by atoms with Crippen LogP contribution in [-0.4, -0.2) is 49.2 Å². The molecule has 0 saturated carbocycles. The fourth-order valence-electron chi connectivity index (χ4n) is 3.98. The molecule has 0 aromatic heterocycles. The van der Waals surface area contributed by atoms with E-state index >= 15 is 0 Å². The molecule has 3 rings (SSSR count). The van der Waals surface area contributed by atoms with E-state index in [2.05, 4.69) is 17.4 Å². The van der Waals surface area contributed by atoms with Gasteiger partial charge in [-0.25, -0.2) is 4.79 Å². The zero-order chi connectivity index (χ0) is 22.5. The van der Waals surface area contributed by atoms with Gasteiger partial charge < -0.3 is 19.7 Å². The maximum atomic E-state index is 12.9. The normalized spacial score (nSPS) is 15.8. The SMILES string of the molecule is COc1ccccc1C(=O)NCC1(c2ccccc2)CCN(C(=O)OC(C)(C)C)CC1. The second kappa shape index (κ2) is 9.41. The predicted octanol–water partition coefficient (Wildman–Crippen LogP) is 4.39. The van der Waals surface area contributed by atoms with Crippen molar-refractivity contribution in [3.8, 4) is 5.75 Å². The molecule has 2 amide bonds. The first-order valence-electron chi connectivity index (χ1n) is 10.7. The number of carbonyl (C=O) groups excluding carboxylic acids is 2. The van der Waals surface area contributed by atoms with Crippen LogP contribution in [0.1, 0.15) is 49.5 Å². The maximum Gasteiger partial charge on any atom is 0.410 e. The van der Waals surface area contributed by atoms with Crippen molar-refractivity contribution < 1.29 is 19.1 Å². The van der Waals surface area contributed by atoms with Crippen molar-refractivity contribution in [2.45, 2.75) is 44.6 Å². The molecule has 0 unspecified atom stereocenters. The molecule has 1 aliphatic rings. The number of rotatable bonds is 5. The summed E-state index contributed by atoms with van der Waals surface area (Å²) in [6, 6.07) is 17.4. The first-order valence-corrected chi connectivity index (χ1v) is 10.7. The molecule has 0 bridgehead atoms. The minimum atomic E-state index is -0.520. The van der Waals surface area contributed by atoms with E-state index in [0.717, 1.165) is 12.8 Å². The lowest BCUT2D eigenvalue weighted by Crippen LogP contribution is -2.51. The van der Waals surface area contributed by atoms with Gasteiger partial charge in [0.15, 0.2) is 0 Å². The fraction of sp³-hybridized carbons (Fsp3) is 0.440. The molecule has 1 heterocycles. The number of carbonyl (C=O) groups is 2.